The molecule has 0 unspecified atom stereocenters. The molecule has 0 spiro atoms. The molecule has 2 nitrogen and oxygen atoms in total. The second-order valence-corrected chi connectivity index (χ2v) is 3.72. The van der Waals surface area contributed by atoms with Crippen LogP contribution in [0.1, 0.15) is 26.7 Å². The van der Waals surface area contributed by atoms with Crippen LogP contribution in [0.25, 0.3) is 0 Å². The maximum atomic E-state index is 5.86. The summed E-state index contributed by atoms with van der Waals surface area (Å²) in [6.45, 7) is 4.23. The van der Waals surface area contributed by atoms with E-state index in [1.54, 1.807) is 0 Å². The lowest BCUT2D eigenvalue weighted by molar-refractivity contribution is 0.400. The Morgan fingerprint density at radius 3 is 2.81 bits per heavy atom. The van der Waals surface area contributed by atoms with Crippen LogP contribution in [0.4, 0.5) is 5.69 Å². The summed E-state index contributed by atoms with van der Waals surface area (Å²) in [5.74, 6) is 1.91. The molecule has 0 aliphatic carbocycles. The summed E-state index contributed by atoms with van der Waals surface area (Å²) in [5, 5.41) is 3.40. The fourth-order valence-electron chi connectivity index (χ4n) is 1.69. The van der Waals surface area contributed by atoms with Gasteiger partial charge in [0.05, 0.1) is 11.4 Å². The van der Waals surface area contributed by atoms with Crippen molar-refractivity contribution in [2.24, 2.45) is 0 Å². The van der Waals surface area contributed by atoms with Gasteiger partial charge in [-0.05, 0) is 24.6 Å². The van der Waals surface area contributed by atoms with Gasteiger partial charge in [0.2, 0.25) is 0 Å². The lowest BCUT2D eigenvalue weighted by Gasteiger charge is -2.22. The number of anilines is 1. The van der Waals surface area contributed by atoms with Gasteiger partial charge in [-0.15, -0.1) is 0 Å². The summed E-state index contributed by atoms with van der Waals surface area (Å²) in [6.07, 6.45) is 6.15. The summed E-state index contributed by atoms with van der Waals surface area (Å²) in [4.78, 5) is 0. The van der Waals surface area contributed by atoms with Crippen molar-refractivity contribution in [1.82, 2.24) is 0 Å². The van der Waals surface area contributed by atoms with E-state index in [4.69, 9.17) is 4.74 Å². The van der Waals surface area contributed by atoms with Crippen LogP contribution in [-0.2, 0) is 0 Å². The van der Waals surface area contributed by atoms with Crippen molar-refractivity contribution in [3.05, 3.63) is 47.9 Å². The van der Waals surface area contributed by atoms with Crippen LogP contribution < -0.4 is 10.1 Å². The molecular weight excluding hydrogens is 198 g/mol. The van der Waals surface area contributed by atoms with E-state index in [9.17, 15) is 0 Å². The quantitative estimate of drug-likeness (QED) is 0.820. The first kappa shape index (κ1) is 10.8. The van der Waals surface area contributed by atoms with Gasteiger partial charge in [-0.25, -0.2) is 0 Å². The molecule has 1 aromatic rings. The van der Waals surface area contributed by atoms with Crippen LogP contribution in [0.5, 0.6) is 5.75 Å². The van der Waals surface area contributed by atoms with E-state index >= 15 is 0 Å². The number of nitrogens with one attached hydrogen (secondary N) is 1. The van der Waals surface area contributed by atoms with E-state index in [0.29, 0.717) is 0 Å². The maximum absolute atomic E-state index is 5.86. The number of allylic oxidation sites excluding steroid dienone is 3. The molecule has 2 heteroatoms. The minimum Gasteiger partial charge on any atom is -0.457 e. The van der Waals surface area contributed by atoms with E-state index in [-0.39, 0.29) is 0 Å². The molecule has 84 valence electrons. The molecule has 1 aliphatic rings. The Morgan fingerprint density at radius 1 is 1.25 bits per heavy atom. The third-order valence-electron chi connectivity index (χ3n) is 2.53. The number of rotatable bonds is 3. The molecule has 0 atom stereocenters. The zero-order valence-corrected chi connectivity index (χ0v) is 9.79. The molecule has 0 fully saturated rings. The van der Waals surface area contributed by atoms with Crippen molar-refractivity contribution in [2.75, 3.05) is 5.32 Å². The highest BCUT2D eigenvalue weighted by Crippen LogP contribution is 2.33. The summed E-state index contributed by atoms with van der Waals surface area (Å²) >= 11 is 0. The van der Waals surface area contributed by atoms with Gasteiger partial charge in [0.25, 0.3) is 0 Å². The Hall–Kier alpha value is -1.70. The lowest BCUT2D eigenvalue weighted by atomic mass is 10.2. The Bertz CT molecular complexity index is 432. The fraction of sp³-hybridized carbons (Fsp3) is 0.286. The molecule has 2 rings (SSSR count). The average Bonchev–Trinajstić information content (AvgIpc) is 2.35. The number of ether oxygens (including phenoxy) is 1. The monoisotopic (exact) mass is 215 g/mol. The zero-order valence-electron chi connectivity index (χ0n) is 9.79. The molecule has 1 heterocycles. The molecule has 0 bridgehead atoms. The second-order valence-electron chi connectivity index (χ2n) is 3.72. The van der Waals surface area contributed by atoms with Crippen molar-refractivity contribution >= 4 is 5.69 Å². The average molecular weight is 215 g/mol. The number of hydrogen-bond acceptors (Lipinski definition) is 2. The number of para-hydroxylation sites is 2. The molecule has 0 saturated carbocycles. The normalized spacial score (nSPS) is 14.6. The third kappa shape index (κ3) is 2.11. The van der Waals surface area contributed by atoms with Crippen molar-refractivity contribution in [2.45, 2.75) is 26.7 Å². The first-order valence-corrected chi connectivity index (χ1v) is 5.78. The summed E-state index contributed by atoms with van der Waals surface area (Å²) in [6, 6.07) is 8.01. The van der Waals surface area contributed by atoms with Crippen LogP contribution in [0, 0.1) is 0 Å². The van der Waals surface area contributed by atoms with Gasteiger partial charge >= 0.3 is 0 Å². The largest absolute Gasteiger partial charge is 0.457 e. The fourth-order valence-corrected chi connectivity index (χ4v) is 1.69. The first-order valence-electron chi connectivity index (χ1n) is 5.78. The number of fused-ring (bicyclic) bond motifs is 1. The minimum atomic E-state index is 0.894. The highest BCUT2D eigenvalue weighted by Gasteiger charge is 2.15. The van der Waals surface area contributed by atoms with Crippen LogP contribution in [0.15, 0.2) is 47.9 Å². The Morgan fingerprint density at radius 2 is 2.06 bits per heavy atom. The summed E-state index contributed by atoms with van der Waals surface area (Å²) in [7, 11) is 0. The Kier molecular flexibility index (Phi) is 3.30. The van der Waals surface area contributed by atoms with Crippen molar-refractivity contribution < 1.29 is 4.74 Å². The van der Waals surface area contributed by atoms with Crippen molar-refractivity contribution in [3.63, 3.8) is 0 Å². The van der Waals surface area contributed by atoms with Gasteiger partial charge in [0.15, 0.2) is 0 Å². The molecule has 1 N–H and O–H groups in total. The molecule has 0 radical (unpaired) electrons. The van der Waals surface area contributed by atoms with Crippen molar-refractivity contribution in [1.29, 1.82) is 0 Å². The van der Waals surface area contributed by atoms with Gasteiger partial charge in [-0.1, -0.05) is 32.1 Å². The van der Waals surface area contributed by atoms with Crippen LogP contribution in [0.3, 0.4) is 0 Å². The predicted octanol–water partition coefficient (Wildman–Crippen LogP) is 4.08. The van der Waals surface area contributed by atoms with Crippen LogP contribution in [-0.4, -0.2) is 0 Å². The van der Waals surface area contributed by atoms with E-state index in [0.717, 1.165) is 35.7 Å². The molecule has 1 aromatic carbocycles. The number of benzene rings is 1. The molecule has 16 heavy (non-hydrogen) atoms. The van der Waals surface area contributed by atoms with E-state index in [2.05, 4.69) is 31.3 Å². The molecule has 0 aromatic heterocycles. The standard InChI is InChI=1S/C14H17NO/c1-3-5-8-11-13(4-2)16-14-10-7-6-9-12(14)15-11/h5-10,15H,3-4H2,1-2H3/b8-5-. The first-order chi connectivity index (χ1) is 7.85. The van der Waals surface area contributed by atoms with Crippen LogP contribution in [0.2, 0.25) is 0 Å². The summed E-state index contributed by atoms with van der Waals surface area (Å²) < 4.78 is 5.86. The van der Waals surface area contributed by atoms with E-state index in [1.165, 1.54) is 0 Å². The minimum absolute atomic E-state index is 0.894. The Labute approximate surface area is 96.6 Å². The molecular formula is C14H17NO. The highest BCUT2D eigenvalue weighted by atomic mass is 16.5. The zero-order chi connectivity index (χ0) is 11.4. The predicted molar refractivity (Wildman–Crippen MR) is 67.4 cm³/mol. The third-order valence-corrected chi connectivity index (χ3v) is 2.53. The highest BCUT2D eigenvalue weighted by molar-refractivity contribution is 5.64. The smallest absolute Gasteiger partial charge is 0.150 e. The van der Waals surface area contributed by atoms with Gasteiger partial charge in [0, 0.05) is 6.42 Å². The summed E-state index contributed by atoms with van der Waals surface area (Å²) in [5.41, 5.74) is 2.11. The van der Waals surface area contributed by atoms with Gasteiger partial charge in [-0.2, -0.15) is 0 Å². The van der Waals surface area contributed by atoms with Gasteiger partial charge < -0.3 is 10.1 Å². The second kappa shape index (κ2) is 4.88. The molecule has 0 saturated heterocycles. The van der Waals surface area contributed by atoms with E-state index < -0.39 is 0 Å². The van der Waals surface area contributed by atoms with Crippen molar-refractivity contribution in [3.8, 4) is 5.75 Å². The lowest BCUT2D eigenvalue weighted by Crippen LogP contribution is -2.12. The molecule has 1 aliphatic heterocycles. The molecule has 0 amide bonds. The topological polar surface area (TPSA) is 21.3 Å². The SMILES string of the molecule is CC/C=C\C1=C(CC)Oc2ccccc2N1. The Balaban J connectivity index is 2.30. The maximum Gasteiger partial charge on any atom is 0.150 e. The van der Waals surface area contributed by atoms with E-state index in [1.807, 2.05) is 24.3 Å². The number of hydrogen-bond donors (Lipinski definition) is 1. The van der Waals surface area contributed by atoms with Crippen LogP contribution >= 0.6 is 0 Å². The van der Waals surface area contributed by atoms with Gasteiger partial charge in [0.1, 0.15) is 11.5 Å². The van der Waals surface area contributed by atoms with Gasteiger partial charge in [-0.3, -0.25) is 0 Å².